The van der Waals surface area contributed by atoms with E-state index in [1.165, 1.54) is 0 Å². The van der Waals surface area contributed by atoms with Crippen LogP contribution >= 0.6 is 0 Å². The Morgan fingerprint density at radius 3 is 1.88 bits per heavy atom. The van der Waals surface area contributed by atoms with E-state index in [2.05, 4.69) is 0 Å². The highest BCUT2D eigenvalue weighted by Crippen LogP contribution is 2.00. The maximum Gasteiger partial charge on any atom is 0.336 e. The summed E-state index contributed by atoms with van der Waals surface area (Å²) in [5.41, 5.74) is 0. The smallest absolute Gasteiger partial charge is 0.336 e. The van der Waals surface area contributed by atoms with Crippen molar-refractivity contribution in [2.45, 2.75) is 20.0 Å². The largest absolute Gasteiger partial charge is 0.479 e. The number of carboxylic acids is 1. The van der Waals surface area contributed by atoms with Gasteiger partial charge >= 0.3 is 5.97 Å². The third-order valence-electron chi connectivity index (χ3n) is 0.849. The van der Waals surface area contributed by atoms with Crippen molar-refractivity contribution in [3.05, 3.63) is 0 Å². The van der Waals surface area contributed by atoms with E-state index >= 15 is 0 Å². The van der Waals surface area contributed by atoms with Crippen molar-refractivity contribution in [2.75, 3.05) is 0 Å². The van der Waals surface area contributed by atoms with Crippen LogP contribution in [0.5, 0.6) is 0 Å². The van der Waals surface area contributed by atoms with Gasteiger partial charge in [0.25, 0.3) is 0 Å². The van der Waals surface area contributed by atoms with Gasteiger partial charge in [-0.25, -0.2) is 9.90 Å². The molecular weight excluding hydrogens is 108 g/mol. The number of rotatable bonds is 2. The number of hydrogen-bond acceptors (Lipinski definition) is 1. The SMILES string of the molecule is CC(C)C([O])C(=O)O. The monoisotopic (exact) mass is 117 g/mol. The van der Waals surface area contributed by atoms with E-state index in [0.717, 1.165) is 0 Å². The highest BCUT2D eigenvalue weighted by Gasteiger charge is 2.18. The summed E-state index contributed by atoms with van der Waals surface area (Å²) in [6.45, 7) is 3.18. The first kappa shape index (κ1) is 7.43. The lowest BCUT2D eigenvalue weighted by atomic mass is 10.1. The molecule has 0 amide bonds. The van der Waals surface area contributed by atoms with Gasteiger partial charge in [0, 0.05) is 0 Å². The summed E-state index contributed by atoms with van der Waals surface area (Å²) in [5, 5.41) is 18.4. The van der Waals surface area contributed by atoms with E-state index in [1.807, 2.05) is 0 Å². The van der Waals surface area contributed by atoms with Gasteiger partial charge in [0.2, 0.25) is 0 Å². The summed E-state index contributed by atoms with van der Waals surface area (Å²) in [7, 11) is 0. The van der Waals surface area contributed by atoms with Gasteiger partial charge in [-0.1, -0.05) is 13.8 Å². The van der Waals surface area contributed by atoms with E-state index in [9.17, 15) is 9.90 Å². The molecule has 3 nitrogen and oxygen atoms in total. The Balaban J connectivity index is 3.64. The molecule has 0 aliphatic rings. The molecule has 1 unspecified atom stereocenters. The first-order chi connectivity index (χ1) is 3.55. The zero-order chi connectivity index (χ0) is 6.73. The first-order valence-electron chi connectivity index (χ1n) is 2.44. The van der Waals surface area contributed by atoms with Crippen LogP contribution < -0.4 is 0 Å². The fourth-order valence-corrected chi connectivity index (χ4v) is 0.285. The number of carboxylic acid groups (broad SMARTS) is 1. The molecule has 1 radical (unpaired) electrons. The second-order valence-corrected chi connectivity index (χ2v) is 2.00. The molecule has 0 aromatic rings. The Morgan fingerprint density at radius 1 is 1.50 bits per heavy atom. The molecule has 0 fully saturated rings. The van der Waals surface area contributed by atoms with Gasteiger partial charge in [0.05, 0.1) is 0 Å². The predicted octanol–water partition coefficient (Wildman–Crippen LogP) is 0.526. The van der Waals surface area contributed by atoms with Gasteiger partial charge in [-0.3, -0.25) is 0 Å². The molecule has 0 bridgehead atoms. The minimum atomic E-state index is -1.46. The van der Waals surface area contributed by atoms with Crippen LogP contribution in [-0.2, 0) is 9.90 Å². The van der Waals surface area contributed by atoms with Crippen LogP contribution in [0.15, 0.2) is 0 Å². The summed E-state index contributed by atoms with van der Waals surface area (Å²) >= 11 is 0. The standard InChI is InChI=1S/C5H9O3/c1-3(2)4(6)5(7)8/h3-4H,1-2H3,(H,7,8). The molecular formula is C5H9O3. The van der Waals surface area contributed by atoms with Crippen LogP contribution in [0.2, 0.25) is 0 Å². The molecule has 0 heterocycles. The Hall–Kier alpha value is -0.570. The minimum absolute atomic E-state index is 0.313. The zero-order valence-corrected chi connectivity index (χ0v) is 4.92. The van der Waals surface area contributed by atoms with Gasteiger partial charge in [-0.05, 0) is 5.92 Å². The molecule has 3 heteroatoms. The average Bonchev–Trinajstić information content (AvgIpc) is 1.64. The average molecular weight is 117 g/mol. The maximum absolute atomic E-state index is 10.3. The minimum Gasteiger partial charge on any atom is -0.479 e. The van der Waals surface area contributed by atoms with Crippen LogP contribution in [-0.4, -0.2) is 17.2 Å². The Labute approximate surface area is 47.9 Å². The molecule has 0 aliphatic heterocycles. The van der Waals surface area contributed by atoms with Gasteiger partial charge in [-0.15, -0.1) is 0 Å². The van der Waals surface area contributed by atoms with Crippen molar-refractivity contribution in [1.29, 1.82) is 0 Å². The summed E-state index contributed by atoms with van der Waals surface area (Å²) in [4.78, 5) is 9.83. The Morgan fingerprint density at radius 2 is 1.88 bits per heavy atom. The number of carbonyl (C=O) groups is 1. The molecule has 0 saturated carbocycles. The molecule has 1 atom stereocenters. The lowest BCUT2D eigenvalue weighted by molar-refractivity contribution is -0.153. The molecule has 1 N–H and O–H groups in total. The van der Waals surface area contributed by atoms with Crippen molar-refractivity contribution in [3.63, 3.8) is 0 Å². The Bertz CT molecular complexity index is 87.7. The van der Waals surface area contributed by atoms with Gasteiger partial charge < -0.3 is 5.11 Å². The van der Waals surface area contributed by atoms with Gasteiger partial charge in [-0.2, -0.15) is 0 Å². The molecule has 8 heavy (non-hydrogen) atoms. The zero-order valence-electron chi connectivity index (χ0n) is 4.92. The molecule has 0 aliphatic carbocycles. The quantitative estimate of drug-likeness (QED) is 0.573. The van der Waals surface area contributed by atoms with E-state index in [0.29, 0.717) is 0 Å². The fourth-order valence-electron chi connectivity index (χ4n) is 0.285. The van der Waals surface area contributed by atoms with E-state index in [4.69, 9.17) is 5.11 Å². The van der Waals surface area contributed by atoms with Crippen LogP contribution in [0.25, 0.3) is 0 Å². The highest BCUT2D eigenvalue weighted by atomic mass is 16.4. The lowest BCUT2D eigenvalue weighted by Gasteiger charge is -2.03. The summed E-state index contributed by atoms with van der Waals surface area (Å²) in [6, 6.07) is 0. The van der Waals surface area contributed by atoms with Crippen molar-refractivity contribution >= 4 is 5.97 Å². The summed E-state index contributed by atoms with van der Waals surface area (Å²) < 4.78 is 0. The van der Waals surface area contributed by atoms with Crippen molar-refractivity contribution in [3.8, 4) is 0 Å². The fraction of sp³-hybridized carbons (Fsp3) is 0.800. The van der Waals surface area contributed by atoms with Crippen molar-refractivity contribution < 1.29 is 15.0 Å². The molecule has 0 aromatic heterocycles. The van der Waals surface area contributed by atoms with Gasteiger partial charge in [0.15, 0.2) is 6.10 Å². The molecule has 0 spiro atoms. The van der Waals surface area contributed by atoms with E-state index < -0.39 is 12.1 Å². The maximum atomic E-state index is 10.3. The predicted molar refractivity (Wildman–Crippen MR) is 26.9 cm³/mol. The summed E-state index contributed by atoms with van der Waals surface area (Å²) in [5.74, 6) is -1.58. The molecule has 0 aromatic carbocycles. The molecule has 47 valence electrons. The summed E-state index contributed by atoms with van der Waals surface area (Å²) in [6.07, 6.45) is -1.46. The van der Waals surface area contributed by atoms with Gasteiger partial charge in [0.1, 0.15) is 0 Å². The van der Waals surface area contributed by atoms with Crippen LogP contribution in [0, 0.1) is 5.92 Å². The third-order valence-corrected chi connectivity index (χ3v) is 0.849. The van der Waals surface area contributed by atoms with Crippen LogP contribution in [0.3, 0.4) is 0 Å². The second kappa shape index (κ2) is 2.67. The molecule has 0 saturated heterocycles. The van der Waals surface area contributed by atoms with Crippen LogP contribution in [0.1, 0.15) is 13.8 Å². The normalized spacial score (nSPS) is 14.0. The van der Waals surface area contributed by atoms with Crippen LogP contribution in [0.4, 0.5) is 0 Å². The molecule has 0 rings (SSSR count). The third kappa shape index (κ3) is 1.93. The van der Waals surface area contributed by atoms with E-state index in [-0.39, 0.29) is 5.92 Å². The van der Waals surface area contributed by atoms with Crippen molar-refractivity contribution in [1.82, 2.24) is 0 Å². The topological polar surface area (TPSA) is 57.2 Å². The number of hydrogen-bond donors (Lipinski definition) is 1. The Kier molecular flexibility index (Phi) is 2.48. The number of aliphatic carboxylic acids is 1. The van der Waals surface area contributed by atoms with E-state index in [1.54, 1.807) is 13.8 Å². The van der Waals surface area contributed by atoms with Crippen molar-refractivity contribution in [2.24, 2.45) is 5.92 Å². The lowest BCUT2D eigenvalue weighted by Crippen LogP contribution is -2.23. The highest BCUT2D eigenvalue weighted by molar-refractivity contribution is 5.72. The first-order valence-corrected chi connectivity index (χ1v) is 2.44. The second-order valence-electron chi connectivity index (χ2n) is 2.00.